The van der Waals surface area contributed by atoms with Crippen molar-refractivity contribution in [1.29, 1.82) is 0 Å². The standard InChI is InChI=1S/C7H11ClN2/c1-10-6-9-5-7(10)3-2-4-8/h5-6H,2-4H2,1H3. The minimum atomic E-state index is 0.727. The fraction of sp³-hybridized carbons (Fsp3) is 0.571. The molecule has 56 valence electrons. The lowest BCUT2D eigenvalue weighted by atomic mass is 10.3. The first-order valence-electron chi connectivity index (χ1n) is 3.35. The van der Waals surface area contributed by atoms with Gasteiger partial charge in [-0.15, -0.1) is 11.6 Å². The van der Waals surface area contributed by atoms with E-state index < -0.39 is 0 Å². The van der Waals surface area contributed by atoms with Gasteiger partial charge in [0, 0.05) is 24.8 Å². The molecular formula is C7H11ClN2. The monoisotopic (exact) mass is 158 g/mol. The largest absolute Gasteiger partial charge is 0.338 e. The quantitative estimate of drug-likeness (QED) is 0.611. The van der Waals surface area contributed by atoms with Crippen molar-refractivity contribution in [2.24, 2.45) is 7.05 Å². The Bertz CT molecular complexity index is 195. The van der Waals surface area contributed by atoms with Crippen molar-refractivity contribution in [1.82, 2.24) is 9.55 Å². The van der Waals surface area contributed by atoms with Crippen molar-refractivity contribution >= 4 is 11.6 Å². The highest BCUT2D eigenvalue weighted by Crippen LogP contribution is 2.00. The molecule has 0 bridgehead atoms. The molecule has 0 amide bonds. The molecule has 0 aliphatic rings. The van der Waals surface area contributed by atoms with Crippen molar-refractivity contribution in [2.45, 2.75) is 12.8 Å². The van der Waals surface area contributed by atoms with Crippen LogP contribution >= 0.6 is 11.6 Å². The van der Waals surface area contributed by atoms with E-state index in [4.69, 9.17) is 11.6 Å². The lowest BCUT2D eigenvalue weighted by Gasteiger charge is -1.97. The molecule has 3 heteroatoms. The summed E-state index contributed by atoms with van der Waals surface area (Å²) in [6.45, 7) is 0. The van der Waals surface area contributed by atoms with Crippen LogP contribution in [0.3, 0.4) is 0 Å². The molecule has 2 nitrogen and oxygen atoms in total. The van der Waals surface area contributed by atoms with Crippen molar-refractivity contribution in [3.05, 3.63) is 18.2 Å². The first-order valence-corrected chi connectivity index (χ1v) is 3.89. The number of alkyl halides is 1. The number of halogens is 1. The van der Waals surface area contributed by atoms with Crippen molar-refractivity contribution in [3.8, 4) is 0 Å². The van der Waals surface area contributed by atoms with E-state index in [0.29, 0.717) is 0 Å². The van der Waals surface area contributed by atoms with Crippen molar-refractivity contribution < 1.29 is 0 Å². The van der Waals surface area contributed by atoms with Crippen LogP contribution in [-0.2, 0) is 13.5 Å². The second-order valence-corrected chi connectivity index (χ2v) is 2.67. The Morgan fingerprint density at radius 1 is 1.70 bits per heavy atom. The fourth-order valence-corrected chi connectivity index (χ4v) is 1.01. The lowest BCUT2D eigenvalue weighted by molar-refractivity contribution is 0.788. The van der Waals surface area contributed by atoms with Gasteiger partial charge in [-0.1, -0.05) is 0 Å². The van der Waals surface area contributed by atoms with Crippen LogP contribution < -0.4 is 0 Å². The van der Waals surface area contributed by atoms with Crippen LogP contribution in [0.15, 0.2) is 12.5 Å². The van der Waals surface area contributed by atoms with Gasteiger partial charge in [-0.2, -0.15) is 0 Å². The minimum absolute atomic E-state index is 0.727. The third kappa shape index (κ3) is 1.74. The first kappa shape index (κ1) is 7.61. The van der Waals surface area contributed by atoms with Crippen molar-refractivity contribution in [3.63, 3.8) is 0 Å². The molecule has 1 aromatic rings. The van der Waals surface area contributed by atoms with Crippen LogP contribution in [0.1, 0.15) is 12.1 Å². The molecule has 1 rings (SSSR count). The molecule has 0 unspecified atom stereocenters. The Hall–Kier alpha value is -0.500. The summed E-state index contributed by atoms with van der Waals surface area (Å²) >= 11 is 5.54. The van der Waals surface area contributed by atoms with Gasteiger partial charge in [0.2, 0.25) is 0 Å². The molecule has 0 aromatic carbocycles. The molecular weight excluding hydrogens is 148 g/mol. The van der Waals surface area contributed by atoms with E-state index in [2.05, 4.69) is 4.98 Å². The summed E-state index contributed by atoms with van der Waals surface area (Å²) in [5.41, 5.74) is 1.25. The molecule has 1 heterocycles. The second-order valence-electron chi connectivity index (χ2n) is 2.29. The molecule has 0 saturated heterocycles. The number of aryl methyl sites for hydroxylation is 2. The van der Waals surface area contributed by atoms with E-state index >= 15 is 0 Å². The zero-order valence-electron chi connectivity index (χ0n) is 6.05. The molecule has 0 radical (unpaired) electrons. The van der Waals surface area contributed by atoms with Crippen LogP contribution in [0.5, 0.6) is 0 Å². The highest BCUT2D eigenvalue weighted by atomic mass is 35.5. The normalized spacial score (nSPS) is 10.2. The van der Waals surface area contributed by atoms with E-state index in [-0.39, 0.29) is 0 Å². The summed E-state index contributed by atoms with van der Waals surface area (Å²) in [7, 11) is 2.00. The highest BCUT2D eigenvalue weighted by Gasteiger charge is 1.95. The van der Waals surface area contributed by atoms with Gasteiger partial charge < -0.3 is 4.57 Å². The number of rotatable bonds is 3. The van der Waals surface area contributed by atoms with E-state index in [1.54, 1.807) is 0 Å². The SMILES string of the molecule is Cn1cncc1CCCCl. The van der Waals surface area contributed by atoms with E-state index in [1.807, 2.05) is 24.1 Å². The van der Waals surface area contributed by atoms with Gasteiger partial charge in [0.15, 0.2) is 0 Å². The molecule has 0 saturated carbocycles. The average Bonchev–Trinajstić information content (AvgIpc) is 2.31. The molecule has 0 atom stereocenters. The second kappa shape index (κ2) is 3.62. The third-order valence-corrected chi connectivity index (χ3v) is 1.75. The molecule has 1 aromatic heterocycles. The van der Waals surface area contributed by atoms with E-state index in [0.717, 1.165) is 18.7 Å². The number of hydrogen-bond acceptors (Lipinski definition) is 1. The topological polar surface area (TPSA) is 17.8 Å². The van der Waals surface area contributed by atoms with Gasteiger partial charge in [0.05, 0.1) is 6.33 Å². The summed E-state index contributed by atoms with van der Waals surface area (Å²) in [5, 5.41) is 0. The Balaban J connectivity index is 2.49. The van der Waals surface area contributed by atoms with E-state index in [9.17, 15) is 0 Å². The Morgan fingerprint density at radius 3 is 3.00 bits per heavy atom. The Kier molecular flexibility index (Phi) is 2.75. The first-order chi connectivity index (χ1) is 4.84. The van der Waals surface area contributed by atoms with Gasteiger partial charge in [-0.05, 0) is 12.8 Å². The maximum Gasteiger partial charge on any atom is 0.0945 e. The minimum Gasteiger partial charge on any atom is -0.338 e. The molecule has 0 fully saturated rings. The van der Waals surface area contributed by atoms with Gasteiger partial charge in [-0.3, -0.25) is 0 Å². The van der Waals surface area contributed by atoms with Gasteiger partial charge >= 0.3 is 0 Å². The predicted octanol–water partition coefficient (Wildman–Crippen LogP) is 1.59. The number of nitrogens with zero attached hydrogens (tertiary/aromatic N) is 2. The van der Waals surface area contributed by atoms with Gasteiger partial charge in [0.25, 0.3) is 0 Å². The smallest absolute Gasteiger partial charge is 0.0945 e. The van der Waals surface area contributed by atoms with E-state index in [1.165, 1.54) is 5.69 Å². The lowest BCUT2D eigenvalue weighted by Crippen LogP contribution is -1.94. The molecule has 10 heavy (non-hydrogen) atoms. The number of imidazole rings is 1. The number of aromatic nitrogens is 2. The van der Waals surface area contributed by atoms with Crippen LogP contribution in [-0.4, -0.2) is 15.4 Å². The third-order valence-electron chi connectivity index (χ3n) is 1.48. The Labute approximate surface area is 65.8 Å². The number of hydrogen-bond donors (Lipinski definition) is 0. The van der Waals surface area contributed by atoms with Crippen LogP contribution in [0.4, 0.5) is 0 Å². The van der Waals surface area contributed by atoms with Crippen LogP contribution in [0, 0.1) is 0 Å². The van der Waals surface area contributed by atoms with Crippen LogP contribution in [0.2, 0.25) is 0 Å². The summed E-state index contributed by atoms with van der Waals surface area (Å²) in [5.74, 6) is 0.727. The zero-order chi connectivity index (χ0) is 7.40. The fourth-order valence-electron chi connectivity index (χ4n) is 0.873. The van der Waals surface area contributed by atoms with Crippen molar-refractivity contribution in [2.75, 3.05) is 5.88 Å². The Morgan fingerprint density at radius 2 is 2.50 bits per heavy atom. The summed E-state index contributed by atoms with van der Waals surface area (Å²) in [6.07, 6.45) is 5.75. The summed E-state index contributed by atoms with van der Waals surface area (Å²) < 4.78 is 2.02. The molecule has 0 spiro atoms. The van der Waals surface area contributed by atoms with Gasteiger partial charge in [-0.25, -0.2) is 4.98 Å². The summed E-state index contributed by atoms with van der Waals surface area (Å²) in [4.78, 5) is 3.99. The van der Waals surface area contributed by atoms with Crippen LogP contribution in [0.25, 0.3) is 0 Å². The summed E-state index contributed by atoms with van der Waals surface area (Å²) in [6, 6.07) is 0. The predicted molar refractivity (Wildman–Crippen MR) is 42.2 cm³/mol. The maximum absolute atomic E-state index is 5.54. The molecule has 0 aliphatic heterocycles. The average molecular weight is 159 g/mol. The maximum atomic E-state index is 5.54. The highest BCUT2D eigenvalue weighted by molar-refractivity contribution is 6.17. The molecule has 0 aliphatic carbocycles. The molecule has 0 N–H and O–H groups in total. The van der Waals surface area contributed by atoms with Gasteiger partial charge in [0.1, 0.15) is 0 Å². The zero-order valence-corrected chi connectivity index (χ0v) is 6.80.